The number of carbonyl (C=O) groups is 1. The first kappa shape index (κ1) is 19.8. The number of fused-ring (bicyclic) bond motifs is 2. The molecule has 6 nitrogen and oxygen atoms in total. The van der Waals surface area contributed by atoms with E-state index < -0.39 is 0 Å². The number of ketones is 1. The number of phenols is 1. The number of piperazine rings is 1. The molecule has 6 heteroatoms. The molecule has 1 saturated heterocycles. The first-order valence-electron chi connectivity index (χ1n) is 10.7. The van der Waals surface area contributed by atoms with E-state index in [0.29, 0.717) is 29.2 Å². The lowest BCUT2D eigenvalue weighted by atomic mass is 9.99. The monoisotopic (exact) mass is 417 g/mol. The summed E-state index contributed by atoms with van der Waals surface area (Å²) in [4.78, 5) is 17.9. The van der Waals surface area contributed by atoms with Crippen molar-refractivity contribution in [2.24, 2.45) is 7.05 Å². The van der Waals surface area contributed by atoms with E-state index in [1.165, 1.54) is 0 Å². The van der Waals surface area contributed by atoms with Crippen LogP contribution in [0.5, 0.6) is 11.5 Å². The highest BCUT2D eigenvalue weighted by Crippen LogP contribution is 2.42. The third-order valence-electron chi connectivity index (χ3n) is 6.41. The maximum atomic E-state index is 13.3. The topological polar surface area (TPSA) is 57.9 Å². The fraction of sp³-hybridized carbons (Fsp3) is 0.320. The number of phenolic OH excluding ortho intramolecular Hbond substituents is 1. The molecule has 3 heterocycles. The molecule has 1 N–H and O–H groups in total. The molecule has 0 bridgehead atoms. The summed E-state index contributed by atoms with van der Waals surface area (Å²) in [5.74, 6) is 0.877. The van der Waals surface area contributed by atoms with Gasteiger partial charge in [0.15, 0.2) is 5.76 Å². The van der Waals surface area contributed by atoms with Crippen LogP contribution in [0.1, 0.15) is 27.0 Å². The Bertz CT molecular complexity index is 1220. The molecule has 2 aliphatic rings. The first-order chi connectivity index (χ1) is 14.9. The number of aromatic nitrogens is 1. The van der Waals surface area contributed by atoms with Gasteiger partial charge in [0.25, 0.3) is 0 Å². The van der Waals surface area contributed by atoms with Gasteiger partial charge in [0.1, 0.15) is 11.5 Å². The van der Waals surface area contributed by atoms with E-state index in [1.54, 1.807) is 6.07 Å². The van der Waals surface area contributed by atoms with Crippen LogP contribution in [-0.2, 0) is 13.6 Å². The summed E-state index contributed by atoms with van der Waals surface area (Å²) >= 11 is 0. The molecule has 0 saturated carbocycles. The number of aryl methyl sites for hydroxylation is 2. The van der Waals surface area contributed by atoms with Gasteiger partial charge in [0.05, 0.1) is 11.1 Å². The highest BCUT2D eigenvalue weighted by Gasteiger charge is 2.34. The molecule has 0 spiro atoms. The zero-order chi connectivity index (χ0) is 21.7. The number of ether oxygens (including phenoxy) is 1. The Labute approximate surface area is 181 Å². The van der Waals surface area contributed by atoms with Gasteiger partial charge in [0, 0.05) is 62.4 Å². The van der Waals surface area contributed by atoms with Gasteiger partial charge < -0.3 is 19.3 Å². The highest BCUT2D eigenvalue weighted by atomic mass is 16.5. The molecule has 0 unspecified atom stereocenters. The van der Waals surface area contributed by atoms with Gasteiger partial charge in [-0.05, 0) is 37.7 Å². The molecule has 2 aromatic carbocycles. The van der Waals surface area contributed by atoms with Crippen LogP contribution < -0.4 is 4.74 Å². The van der Waals surface area contributed by atoms with Crippen molar-refractivity contribution in [3.05, 3.63) is 64.5 Å². The minimum atomic E-state index is -0.125. The Morgan fingerprint density at radius 3 is 2.65 bits per heavy atom. The zero-order valence-electron chi connectivity index (χ0n) is 18.2. The molecule has 0 aliphatic carbocycles. The van der Waals surface area contributed by atoms with Gasteiger partial charge in [-0.25, -0.2) is 0 Å². The lowest BCUT2D eigenvalue weighted by Crippen LogP contribution is -2.43. The zero-order valence-corrected chi connectivity index (χ0v) is 18.2. The fourth-order valence-corrected chi connectivity index (χ4v) is 4.59. The Morgan fingerprint density at radius 2 is 1.87 bits per heavy atom. The number of hydrogen-bond acceptors (Lipinski definition) is 5. The summed E-state index contributed by atoms with van der Waals surface area (Å²) in [6, 6.07) is 9.78. The molecule has 2 aliphatic heterocycles. The van der Waals surface area contributed by atoms with Crippen molar-refractivity contribution < 1.29 is 14.6 Å². The van der Waals surface area contributed by atoms with Gasteiger partial charge in [0.2, 0.25) is 5.78 Å². The molecular weight excluding hydrogens is 390 g/mol. The van der Waals surface area contributed by atoms with Crippen LogP contribution in [0, 0.1) is 6.92 Å². The predicted molar refractivity (Wildman–Crippen MR) is 121 cm³/mol. The average molecular weight is 418 g/mol. The van der Waals surface area contributed by atoms with Crippen molar-refractivity contribution in [1.82, 2.24) is 14.4 Å². The lowest BCUT2D eigenvalue weighted by molar-refractivity contribution is 0.101. The van der Waals surface area contributed by atoms with Crippen molar-refractivity contribution in [2.75, 3.05) is 33.2 Å². The van der Waals surface area contributed by atoms with E-state index in [4.69, 9.17) is 4.74 Å². The third kappa shape index (κ3) is 3.42. The van der Waals surface area contributed by atoms with Gasteiger partial charge in [-0.2, -0.15) is 0 Å². The number of likely N-dealkylation sites (N-methyl/N-ethyl adjacent to an activating group) is 1. The number of hydrogen-bond donors (Lipinski definition) is 1. The number of para-hydroxylation sites is 1. The second kappa shape index (κ2) is 7.55. The molecule has 5 rings (SSSR count). The van der Waals surface area contributed by atoms with Gasteiger partial charge in [-0.15, -0.1) is 0 Å². The van der Waals surface area contributed by atoms with Crippen LogP contribution in [-0.4, -0.2) is 58.5 Å². The van der Waals surface area contributed by atoms with E-state index in [2.05, 4.69) is 22.9 Å². The maximum Gasteiger partial charge on any atom is 0.232 e. The second-order valence-electron chi connectivity index (χ2n) is 8.63. The van der Waals surface area contributed by atoms with Gasteiger partial charge in [-0.3, -0.25) is 9.69 Å². The number of Topliss-reactive ketones (excluding diaryl/α,β-unsaturated/α-hetero) is 1. The van der Waals surface area contributed by atoms with E-state index in [1.807, 2.05) is 49.0 Å². The van der Waals surface area contributed by atoms with Crippen molar-refractivity contribution in [3.63, 3.8) is 0 Å². The standard InChI is InChI=1S/C25H27N3O3/c1-16-12-21(29)19(15-28-10-8-26(2)9-11-28)25-23(16)24(30)22(31-25)13-17-14-27(3)20-7-5-4-6-18(17)20/h4-7,12-14,29H,8-11,15H2,1-3H3/b22-13-. The van der Waals surface area contributed by atoms with Crippen LogP contribution in [0.4, 0.5) is 0 Å². The SMILES string of the molecule is Cc1cc(O)c(CN2CCN(C)CC2)c2c1C(=O)/C(=C/c1cn(C)c3ccccc13)O2. The highest BCUT2D eigenvalue weighted by molar-refractivity contribution is 6.16. The number of benzene rings is 2. The van der Waals surface area contributed by atoms with Gasteiger partial charge >= 0.3 is 0 Å². The number of carbonyl (C=O) groups excluding carboxylic acids is 1. The van der Waals surface area contributed by atoms with E-state index in [-0.39, 0.29) is 11.5 Å². The second-order valence-corrected chi connectivity index (χ2v) is 8.63. The molecule has 1 aromatic heterocycles. The van der Waals surface area contributed by atoms with E-state index >= 15 is 0 Å². The maximum absolute atomic E-state index is 13.3. The Hall–Kier alpha value is -3.09. The van der Waals surface area contributed by atoms with Crippen molar-refractivity contribution in [3.8, 4) is 11.5 Å². The smallest absolute Gasteiger partial charge is 0.232 e. The number of allylic oxidation sites excluding steroid dienone is 1. The quantitative estimate of drug-likeness (QED) is 0.661. The van der Waals surface area contributed by atoms with Crippen molar-refractivity contribution >= 4 is 22.8 Å². The molecule has 0 atom stereocenters. The van der Waals surface area contributed by atoms with Crippen molar-refractivity contribution in [2.45, 2.75) is 13.5 Å². The summed E-state index contributed by atoms with van der Waals surface area (Å²) in [5.41, 5.74) is 4.04. The van der Waals surface area contributed by atoms with Gasteiger partial charge in [-0.1, -0.05) is 18.2 Å². The van der Waals surface area contributed by atoms with Crippen molar-refractivity contribution in [1.29, 1.82) is 0 Å². The first-order valence-corrected chi connectivity index (χ1v) is 10.7. The molecule has 3 aromatic rings. The van der Waals surface area contributed by atoms with Crippen LogP contribution in [0.3, 0.4) is 0 Å². The summed E-state index contributed by atoms with van der Waals surface area (Å²) in [6.45, 7) is 6.23. The minimum absolute atomic E-state index is 0.125. The molecule has 31 heavy (non-hydrogen) atoms. The van der Waals surface area contributed by atoms with E-state index in [0.717, 1.165) is 48.2 Å². The van der Waals surface area contributed by atoms with Crippen LogP contribution >= 0.6 is 0 Å². The average Bonchev–Trinajstić information content (AvgIpc) is 3.24. The summed E-state index contributed by atoms with van der Waals surface area (Å²) < 4.78 is 8.19. The molecular formula is C25H27N3O3. The van der Waals surface area contributed by atoms with Crippen LogP contribution in [0.2, 0.25) is 0 Å². The van der Waals surface area contributed by atoms with Crippen LogP contribution in [0.25, 0.3) is 17.0 Å². The number of nitrogens with zero attached hydrogens (tertiary/aromatic N) is 3. The number of rotatable bonds is 3. The Morgan fingerprint density at radius 1 is 1.13 bits per heavy atom. The molecule has 1 fully saturated rings. The van der Waals surface area contributed by atoms with Crippen LogP contribution in [0.15, 0.2) is 42.3 Å². The Balaban J connectivity index is 1.52. The molecule has 160 valence electrons. The summed E-state index contributed by atoms with van der Waals surface area (Å²) in [5, 5.41) is 11.8. The normalized spacial score (nSPS) is 18.7. The summed E-state index contributed by atoms with van der Waals surface area (Å²) in [6.07, 6.45) is 3.83. The predicted octanol–water partition coefficient (Wildman–Crippen LogP) is 3.56. The largest absolute Gasteiger partial charge is 0.507 e. The molecule has 0 radical (unpaired) electrons. The lowest BCUT2D eigenvalue weighted by Gasteiger charge is -2.32. The molecule has 0 amide bonds. The minimum Gasteiger partial charge on any atom is -0.507 e. The summed E-state index contributed by atoms with van der Waals surface area (Å²) in [7, 11) is 4.11. The number of aromatic hydroxyl groups is 1. The Kier molecular flexibility index (Phi) is 4.84. The third-order valence-corrected chi connectivity index (χ3v) is 6.41. The van der Waals surface area contributed by atoms with E-state index in [9.17, 15) is 9.90 Å². The fourth-order valence-electron chi connectivity index (χ4n) is 4.59.